The van der Waals surface area contributed by atoms with Crippen LogP contribution in [0.4, 0.5) is 0 Å². The minimum atomic E-state index is -4.64. The third-order valence-electron chi connectivity index (χ3n) is 0. The summed E-state index contributed by atoms with van der Waals surface area (Å²) in [7, 11) is -4.64. The first-order chi connectivity index (χ1) is 3.00. The van der Waals surface area contributed by atoms with Crippen LogP contribution >= 0.6 is 7.82 Å². The van der Waals surface area contributed by atoms with Gasteiger partial charge in [0.2, 0.25) is 0 Å². The molecular weight excluding hydrogens is 173 g/mol. The van der Waals surface area contributed by atoms with Gasteiger partial charge >= 0.3 is 69.3 Å². The first-order valence-electron chi connectivity index (χ1n) is 0.987. The monoisotopic (exact) mass is 178 g/mol. The summed E-state index contributed by atoms with van der Waals surface area (Å²) in [5.41, 5.74) is 0. The van der Waals surface area contributed by atoms with E-state index in [2.05, 4.69) is 0 Å². The second-order valence-electron chi connectivity index (χ2n) is 0.513. The standard InChI is InChI=1S/2Li.H3O4P.O.Ti.2H/c;;1-5(2,3)4;;;;/h;;(H3,1,2,3,4);;;;/q2*+1;;;;2*-1. The van der Waals surface area contributed by atoms with E-state index >= 15 is 0 Å². The van der Waals surface area contributed by atoms with Crippen molar-refractivity contribution >= 4 is 7.82 Å². The van der Waals surface area contributed by atoms with Gasteiger partial charge in [-0.3, -0.25) is 0 Å². The fourth-order valence-electron chi connectivity index (χ4n) is 0. The molecule has 9 heteroatoms. The summed E-state index contributed by atoms with van der Waals surface area (Å²) in [6.45, 7) is 0. The number of hydrogen-bond donors (Lipinski definition) is 3. The van der Waals surface area contributed by atoms with Crippen molar-refractivity contribution in [3.63, 3.8) is 0 Å². The Bertz CT molecular complexity index is 78.3. The van der Waals surface area contributed by atoms with E-state index in [9.17, 15) is 0 Å². The summed E-state index contributed by atoms with van der Waals surface area (Å²) < 4.78 is 17.1. The van der Waals surface area contributed by atoms with Gasteiger partial charge in [0.1, 0.15) is 0 Å². The molecule has 0 radical (unpaired) electrons. The van der Waals surface area contributed by atoms with E-state index in [-0.39, 0.29) is 40.6 Å². The Kier molecular flexibility index (Phi) is 31.1. The molecule has 3 N–H and O–H groups in total. The number of hydrogen-bond acceptors (Lipinski definition) is 2. The van der Waals surface area contributed by atoms with Crippen molar-refractivity contribution < 1.29 is 83.5 Å². The van der Waals surface area contributed by atoms with Crippen molar-refractivity contribution in [3.8, 4) is 0 Å². The van der Waals surface area contributed by atoms with Crippen molar-refractivity contribution in [1.82, 2.24) is 0 Å². The Morgan fingerprint density at radius 2 is 1.11 bits per heavy atom. The summed E-state index contributed by atoms with van der Waals surface area (Å²) in [4.78, 5) is 21.6. The topological polar surface area (TPSA) is 94.8 Å². The van der Waals surface area contributed by atoms with Crippen molar-refractivity contribution in [2.45, 2.75) is 0 Å². The average molecular weight is 178 g/mol. The van der Waals surface area contributed by atoms with E-state index < -0.39 is 7.82 Å². The van der Waals surface area contributed by atoms with Gasteiger partial charge in [-0.1, -0.05) is 0 Å². The van der Waals surface area contributed by atoms with Crippen LogP contribution in [0.2, 0.25) is 0 Å². The van der Waals surface area contributed by atoms with E-state index in [1.807, 2.05) is 0 Å². The van der Waals surface area contributed by atoms with Crippen molar-refractivity contribution in [3.05, 3.63) is 0 Å². The Morgan fingerprint density at radius 3 is 1.11 bits per heavy atom. The van der Waals surface area contributed by atoms with Crippen LogP contribution in [0.1, 0.15) is 2.85 Å². The molecule has 0 saturated heterocycles. The normalized spacial score (nSPS) is 6.89. The fraction of sp³-hybridized carbons (Fsp3) is 0. The van der Waals surface area contributed by atoms with Gasteiger partial charge in [0.15, 0.2) is 0 Å². The van der Waals surface area contributed by atoms with Gasteiger partial charge in [0.05, 0.1) is 0 Å². The average Bonchev–Trinajstić information content (AvgIpc) is 1.36. The molecule has 0 atom stereocenters. The van der Waals surface area contributed by atoms with Crippen molar-refractivity contribution in [1.29, 1.82) is 0 Å². The van der Waals surface area contributed by atoms with Gasteiger partial charge in [-0.15, -0.1) is 0 Å². The predicted octanol–water partition coefficient (Wildman–Crippen LogP) is -6.82. The molecule has 9 heavy (non-hydrogen) atoms. The van der Waals surface area contributed by atoms with Crippen LogP contribution in [-0.2, 0) is 28.3 Å². The molecule has 0 aliphatic heterocycles. The first kappa shape index (κ1) is 22.4. The summed E-state index contributed by atoms with van der Waals surface area (Å²) in [5, 5.41) is 0. The molecule has 0 amide bonds. The quantitative estimate of drug-likeness (QED) is 0.253. The van der Waals surface area contributed by atoms with E-state index in [0.29, 0.717) is 0 Å². The van der Waals surface area contributed by atoms with E-state index in [4.69, 9.17) is 22.6 Å². The summed E-state index contributed by atoms with van der Waals surface area (Å²) in [6.07, 6.45) is 0. The summed E-state index contributed by atoms with van der Waals surface area (Å²) in [5.74, 6) is 0. The van der Waals surface area contributed by atoms with Crippen molar-refractivity contribution in [2.24, 2.45) is 0 Å². The molecule has 0 unspecified atom stereocenters. The van der Waals surface area contributed by atoms with Crippen LogP contribution < -0.4 is 37.7 Å². The summed E-state index contributed by atoms with van der Waals surface area (Å²) >= 11 is 0.750. The molecule has 0 saturated carbocycles. The van der Waals surface area contributed by atoms with Gasteiger partial charge < -0.3 is 17.5 Å². The van der Waals surface area contributed by atoms with Gasteiger partial charge in [-0.25, -0.2) is 4.57 Å². The molecule has 0 aliphatic rings. The van der Waals surface area contributed by atoms with Crippen LogP contribution in [-0.4, -0.2) is 14.7 Å². The van der Waals surface area contributed by atoms with E-state index in [0.717, 1.165) is 20.4 Å². The van der Waals surface area contributed by atoms with Gasteiger partial charge in [0, 0.05) is 0 Å². The maximum atomic E-state index is 8.88. The number of phosphoric acid groups is 1. The Labute approximate surface area is 90.9 Å². The third kappa shape index (κ3) is 181. The SMILES string of the molecule is O=P(O)(O)O.[H-].[H-].[Li+].[Li+].[O]=[Ti]. The van der Waals surface area contributed by atoms with Crippen LogP contribution in [0, 0.1) is 0 Å². The maximum absolute atomic E-state index is 8.88. The van der Waals surface area contributed by atoms with Crippen LogP contribution in [0.5, 0.6) is 0 Å². The fourth-order valence-corrected chi connectivity index (χ4v) is 0. The summed E-state index contributed by atoms with van der Waals surface area (Å²) in [6, 6.07) is 0. The van der Waals surface area contributed by atoms with Gasteiger partial charge in [0.25, 0.3) is 0 Å². The molecule has 0 bridgehead atoms. The van der Waals surface area contributed by atoms with Crippen LogP contribution in [0.15, 0.2) is 0 Å². The molecule has 46 valence electrons. The minimum absolute atomic E-state index is 0. The van der Waals surface area contributed by atoms with E-state index in [1.165, 1.54) is 0 Å². The Morgan fingerprint density at radius 1 is 1.11 bits per heavy atom. The second kappa shape index (κ2) is 12.5. The van der Waals surface area contributed by atoms with Crippen molar-refractivity contribution in [2.75, 3.05) is 0 Å². The molecular formula is H5Li2O5PTi. The zero-order valence-electron chi connectivity index (χ0n) is 7.11. The molecule has 0 heterocycles. The molecule has 0 aromatic carbocycles. The van der Waals surface area contributed by atoms with Gasteiger partial charge in [-0.2, -0.15) is 0 Å². The number of rotatable bonds is 0. The van der Waals surface area contributed by atoms with Gasteiger partial charge in [-0.05, 0) is 0 Å². The predicted molar refractivity (Wildman–Crippen MR) is 17.2 cm³/mol. The molecule has 0 fully saturated rings. The molecule has 0 aromatic rings. The molecule has 0 aromatic heterocycles. The molecule has 0 rings (SSSR count). The first-order valence-corrected chi connectivity index (χ1v) is 3.19. The molecule has 5 nitrogen and oxygen atoms in total. The zero-order chi connectivity index (χ0) is 6.50. The zero-order valence-corrected chi connectivity index (χ0v) is 7.56. The molecule has 0 aliphatic carbocycles. The van der Waals surface area contributed by atoms with Crippen LogP contribution in [0.3, 0.4) is 0 Å². The second-order valence-corrected chi connectivity index (χ2v) is 1.54. The third-order valence-corrected chi connectivity index (χ3v) is 0. The Hall–Kier alpha value is 1.82. The molecule has 0 spiro atoms. The van der Waals surface area contributed by atoms with Crippen LogP contribution in [0.25, 0.3) is 0 Å². The Balaban J connectivity index is -0.00000000972. The van der Waals surface area contributed by atoms with E-state index in [1.54, 1.807) is 0 Å².